The first-order valence-corrected chi connectivity index (χ1v) is 5.21. The van der Waals surface area contributed by atoms with E-state index in [4.69, 9.17) is 5.73 Å². The van der Waals surface area contributed by atoms with E-state index in [-0.39, 0.29) is 6.04 Å². The van der Waals surface area contributed by atoms with Crippen molar-refractivity contribution in [1.29, 1.82) is 0 Å². The molecule has 0 spiro atoms. The second-order valence-corrected chi connectivity index (χ2v) is 4.20. The van der Waals surface area contributed by atoms with Crippen molar-refractivity contribution >= 4 is 10.8 Å². The van der Waals surface area contributed by atoms with Gasteiger partial charge in [-0.15, -0.1) is 0 Å². The lowest BCUT2D eigenvalue weighted by Crippen LogP contribution is -2.21. The molecule has 3 N–H and O–H groups in total. The van der Waals surface area contributed by atoms with Gasteiger partial charge in [-0.05, 0) is 28.0 Å². The Bertz CT molecular complexity index is 521. The van der Waals surface area contributed by atoms with Gasteiger partial charge in [0, 0.05) is 6.42 Å². The van der Waals surface area contributed by atoms with Gasteiger partial charge in [-0.3, -0.25) is 0 Å². The lowest BCUT2D eigenvalue weighted by molar-refractivity contribution is 0.158. The molecule has 0 aromatic heterocycles. The third-order valence-electron chi connectivity index (χ3n) is 3.21. The lowest BCUT2D eigenvalue weighted by atomic mass is 10.0. The molecule has 0 saturated carbocycles. The number of benzene rings is 2. The van der Waals surface area contributed by atoms with Crippen LogP contribution >= 0.6 is 0 Å². The van der Waals surface area contributed by atoms with Crippen LogP contribution in [0.15, 0.2) is 36.4 Å². The van der Waals surface area contributed by atoms with Crippen molar-refractivity contribution in [3.8, 4) is 0 Å². The molecule has 0 aliphatic heterocycles. The van der Waals surface area contributed by atoms with Gasteiger partial charge in [-0.1, -0.05) is 30.3 Å². The predicted molar refractivity (Wildman–Crippen MR) is 60.6 cm³/mol. The van der Waals surface area contributed by atoms with E-state index in [1.54, 1.807) is 0 Å². The molecule has 0 amide bonds. The standard InChI is InChI=1S/C13H13NO/c14-13-11-6-9-4-2-1-3-8(9)5-10(11)7-12(13)15/h1-6,12-13,15H,7,14H2. The molecule has 2 nitrogen and oxygen atoms in total. The van der Waals surface area contributed by atoms with Gasteiger partial charge in [0.15, 0.2) is 0 Å². The van der Waals surface area contributed by atoms with Crippen LogP contribution in [0.5, 0.6) is 0 Å². The first-order chi connectivity index (χ1) is 7.25. The van der Waals surface area contributed by atoms with Crippen molar-refractivity contribution in [3.63, 3.8) is 0 Å². The summed E-state index contributed by atoms with van der Waals surface area (Å²) in [6.45, 7) is 0. The van der Waals surface area contributed by atoms with Crippen LogP contribution < -0.4 is 5.73 Å². The fraction of sp³-hybridized carbons (Fsp3) is 0.231. The van der Waals surface area contributed by atoms with Gasteiger partial charge in [0.2, 0.25) is 0 Å². The number of hydrogen-bond acceptors (Lipinski definition) is 2. The van der Waals surface area contributed by atoms with Crippen molar-refractivity contribution in [2.75, 3.05) is 0 Å². The smallest absolute Gasteiger partial charge is 0.0773 e. The molecule has 76 valence electrons. The number of aliphatic hydroxyl groups is 1. The van der Waals surface area contributed by atoms with Crippen LogP contribution in [0.2, 0.25) is 0 Å². The molecule has 3 rings (SSSR count). The maximum Gasteiger partial charge on any atom is 0.0773 e. The van der Waals surface area contributed by atoms with E-state index in [1.165, 1.54) is 16.3 Å². The Morgan fingerprint density at radius 3 is 2.53 bits per heavy atom. The highest BCUT2D eigenvalue weighted by molar-refractivity contribution is 5.84. The summed E-state index contributed by atoms with van der Waals surface area (Å²) >= 11 is 0. The molecule has 2 unspecified atom stereocenters. The molecule has 2 aromatic rings. The fourth-order valence-electron chi connectivity index (χ4n) is 2.35. The van der Waals surface area contributed by atoms with Crippen molar-refractivity contribution in [3.05, 3.63) is 47.5 Å². The SMILES string of the molecule is NC1c2cc3ccccc3cc2CC1O. The second kappa shape index (κ2) is 3.05. The topological polar surface area (TPSA) is 46.2 Å². The average Bonchev–Trinajstić information content (AvgIpc) is 2.52. The summed E-state index contributed by atoms with van der Waals surface area (Å²) in [5, 5.41) is 12.1. The Balaban J connectivity index is 2.27. The third kappa shape index (κ3) is 1.26. The Hall–Kier alpha value is -1.38. The van der Waals surface area contributed by atoms with E-state index in [0.29, 0.717) is 6.42 Å². The maximum absolute atomic E-state index is 9.70. The van der Waals surface area contributed by atoms with Gasteiger partial charge in [0.25, 0.3) is 0 Å². The molecule has 0 radical (unpaired) electrons. The minimum absolute atomic E-state index is 0.218. The first kappa shape index (κ1) is 8.89. The second-order valence-electron chi connectivity index (χ2n) is 4.20. The van der Waals surface area contributed by atoms with Crippen LogP contribution in [-0.4, -0.2) is 11.2 Å². The zero-order valence-electron chi connectivity index (χ0n) is 8.35. The molecular formula is C13H13NO. The van der Waals surface area contributed by atoms with Crippen molar-refractivity contribution < 1.29 is 5.11 Å². The summed E-state index contributed by atoms with van der Waals surface area (Å²) in [7, 11) is 0. The average molecular weight is 199 g/mol. The Morgan fingerprint density at radius 1 is 1.13 bits per heavy atom. The van der Waals surface area contributed by atoms with Crippen LogP contribution in [0, 0.1) is 0 Å². The van der Waals surface area contributed by atoms with Gasteiger partial charge >= 0.3 is 0 Å². The number of aliphatic hydroxyl groups excluding tert-OH is 1. The van der Waals surface area contributed by atoms with Crippen LogP contribution in [0.25, 0.3) is 10.8 Å². The summed E-state index contributed by atoms with van der Waals surface area (Å²) in [5.41, 5.74) is 8.22. The first-order valence-electron chi connectivity index (χ1n) is 5.21. The maximum atomic E-state index is 9.70. The zero-order valence-corrected chi connectivity index (χ0v) is 8.35. The van der Waals surface area contributed by atoms with Crippen molar-refractivity contribution in [2.24, 2.45) is 5.73 Å². The predicted octanol–water partition coefficient (Wildman–Crippen LogP) is 1.76. The number of nitrogens with two attached hydrogens (primary N) is 1. The highest BCUT2D eigenvalue weighted by Gasteiger charge is 2.27. The van der Waals surface area contributed by atoms with Crippen LogP contribution in [0.3, 0.4) is 0 Å². The molecule has 0 saturated heterocycles. The van der Waals surface area contributed by atoms with Gasteiger partial charge in [-0.2, -0.15) is 0 Å². The molecule has 2 atom stereocenters. The summed E-state index contributed by atoms with van der Waals surface area (Å²) in [4.78, 5) is 0. The minimum Gasteiger partial charge on any atom is -0.391 e. The summed E-state index contributed by atoms with van der Waals surface area (Å²) in [5.74, 6) is 0. The Labute approximate surface area is 88.3 Å². The highest BCUT2D eigenvalue weighted by Crippen LogP contribution is 2.32. The van der Waals surface area contributed by atoms with Gasteiger partial charge in [0.05, 0.1) is 12.1 Å². The molecule has 1 aliphatic carbocycles. The highest BCUT2D eigenvalue weighted by atomic mass is 16.3. The van der Waals surface area contributed by atoms with E-state index in [0.717, 1.165) is 5.56 Å². The number of rotatable bonds is 0. The summed E-state index contributed by atoms with van der Waals surface area (Å²) in [6, 6.07) is 12.2. The molecular weight excluding hydrogens is 186 g/mol. The van der Waals surface area contributed by atoms with Crippen LogP contribution in [0.4, 0.5) is 0 Å². The molecule has 1 aliphatic rings. The van der Waals surface area contributed by atoms with E-state index in [2.05, 4.69) is 24.3 Å². The summed E-state index contributed by atoms with van der Waals surface area (Å²) < 4.78 is 0. The minimum atomic E-state index is -0.420. The normalized spacial score (nSPS) is 24.4. The van der Waals surface area contributed by atoms with Crippen molar-refractivity contribution in [2.45, 2.75) is 18.6 Å². The molecule has 0 bridgehead atoms. The van der Waals surface area contributed by atoms with E-state index in [1.807, 2.05) is 12.1 Å². The third-order valence-corrected chi connectivity index (χ3v) is 3.21. The quantitative estimate of drug-likeness (QED) is 0.679. The Kier molecular flexibility index (Phi) is 1.81. The molecule has 0 fully saturated rings. The molecule has 2 aromatic carbocycles. The van der Waals surface area contributed by atoms with Crippen molar-refractivity contribution in [1.82, 2.24) is 0 Å². The Morgan fingerprint density at radius 2 is 1.80 bits per heavy atom. The largest absolute Gasteiger partial charge is 0.391 e. The lowest BCUT2D eigenvalue weighted by Gasteiger charge is -2.09. The fourth-order valence-corrected chi connectivity index (χ4v) is 2.35. The van der Waals surface area contributed by atoms with E-state index in [9.17, 15) is 5.11 Å². The molecule has 2 heteroatoms. The number of fused-ring (bicyclic) bond motifs is 2. The number of hydrogen-bond donors (Lipinski definition) is 2. The van der Waals surface area contributed by atoms with Crippen LogP contribution in [0.1, 0.15) is 17.2 Å². The van der Waals surface area contributed by atoms with Gasteiger partial charge in [-0.25, -0.2) is 0 Å². The monoisotopic (exact) mass is 199 g/mol. The molecule has 15 heavy (non-hydrogen) atoms. The van der Waals surface area contributed by atoms with E-state index >= 15 is 0 Å². The van der Waals surface area contributed by atoms with Crippen LogP contribution in [-0.2, 0) is 6.42 Å². The van der Waals surface area contributed by atoms with Gasteiger partial charge < -0.3 is 10.8 Å². The summed E-state index contributed by atoms with van der Waals surface area (Å²) in [6.07, 6.45) is 0.262. The zero-order chi connectivity index (χ0) is 10.4. The van der Waals surface area contributed by atoms with Gasteiger partial charge in [0.1, 0.15) is 0 Å². The molecule has 0 heterocycles. The van der Waals surface area contributed by atoms with E-state index < -0.39 is 6.10 Å².